The number of halogens is 1. The van der Waals surface area contributed by atoms with E-state index < -0.39 is 5.83 Å². The number of allylic oxidation sites excluding steroid dienone is 1. The third-order valence-electron chi connectivity index (χ3n) is 4.53. The fourth-order valence-corrected chi connectivity index (χ4v) is 4.21. The third-order valence-corrected chi connectivity index (χ3v) is 5.61. The van der Waals surface area contributed by atoms with Gasteiger partial charge in [0.05, 0.1) is 36.5 Å². The summed E-state index contributed by atoms with van der Waals surface area (Å²) in [7, 11) is 3.26. The molecule has 4 heterocycles. The number of nitrogens with two attached hydrogens (primary N) is 1. The van der Waals surface area contributed by atoms with Gasteiger partial charge in [-0.15, -0.1) is 11.3 Å². The monoisotopic (exact) mass is 416 g/mol. The number of aryl methyl sites for hydroxylation is 1. The maximum atomic E-state index is 13.4. The van der Waals surface area contributed by atoms with Gasteiger partial charge in [0.2, 0.25) is 0 Å². The number of H-pyrrole nitrogens is 1. The second-order valence-electron chi connectivity index (χ2n) is 6.26. The molecule has 4 N–H and O–H groups in total. The maximum Gasteiger partial charge on any atom is 0.291 e. The van der Waals surface area contributed by atoms with Gasteiger partial charge in [-0.25, -0.2) is 14.1 Å². The molecule has 4 aromatic heterocycles. The Kier molecular flexibility index (Phi) is 4.62. The van der Waals surface area contributed by atoms with Crippen LogP contribution in [-0.4, -0.2) is 42.4 Å². The average molecular weight is 416 g/mol. The standard InChI is InChI=1S/C17H17FN8O2S/c1-25-14-8(15-16(25)23-13(29-15)3-10(20)9(18)4-19)5-22-26(17(14)27)7-11-12(28-2)6-21-24-11/h4-6,20H,3,7,19H2,1-2H3,(H,21,24)/b9-4+,20-10?. The number of hydrogen-bond acceptors (Lipinski definition) is 8. The van der Waals surface area contributed by atoms with Gasteiger partial charge in [-0.05, 0) is 0 Å². The Balaban J connectivity index is 1.76. The van der Waals surface area contributed by atoms with E-state index in [1.165, 1.54) is 23.1 Å². The van der Waals surface area contributed by atoms with Crippen molar-refractivity contribution < 1.29 is 9.13 Å². The third kappa shape index (κ3) is 3.06. The van der Waals surface area contributed by atoms with Gasteiger partial charge in [0.25, 0.3) is 5.56 Å². The highest BCUT2D eigenvalue weighted by atomic mass is 32.1. The smallest absolute Gasteiger partial charge is 0.291 e. The Labute approximate surface area is 166 Å². The number of aromatic amines is 1. The van der Waals surface area contributed by atoms with Crippen LogP contribution >= 0.6 is 11.3 Å². The van der Waals surface area contributed by atoms with Gasteiger partial charge in [0.15, 0.2) is 17.2 Å². The molecule has 150 valence electrons. The highest BCUT2D eigenvalue weighted by molar-refractivity contribution is 7.19. The lowest BCUT2D eigenvalue weighted by molar-refractivity contribution is 0.407. The summed E-state index contributed by atoms with van der Waals surface area (Å²) < 4.78 is 22.4. The maximum absolute atomic E-state index is 13.4. The van der Waals surface area contributed by atoms with Crippen LogP contribution < -0.4 is 16.0 Å². The predicted molar refractivity (Wildman–Crippen MR) is 107 cm³/mol. The van der Waals surface area contributed by atoms with Crippen LogP contribution in [0.1, 0.15) is 10.7 Å². The topological polar surface area (TPSA) is 140 Å². The number of nitrogens with one attached hydrogen (secondary N) is 2. The first-order valence-corrected chi connectivity index (χ1v) is 9.32. The SMILES string of the molecule is COc1c[nH]nc1Cn1ncc2c3sc(CC(=N)/C(F)=C\N)nc3n(C)c2c1=O. The molecule has 0 saturated heterocycles. The van der Waals surface area contributed by atoms with Gasteiger partial charge in [-0.3, -0.25) is 9.89 Å². The normalized spacial score (nSPS) is 12.2. The lowest BCUT2D eigenvalue weighted by Crippen LogP contribution is -2.24. The fraction of sp³-hybridized carbons (Fsp3) is 0.235. The number of thiazole rings is 1. The van der Waals surface area contributed by atoms with E-state index in [9.17, 15) is 9.18 Å². The van der Waals surface area contributed by atoms with Crippen molar-refractivity contribution in [1.82, 2.24) is 29.5 Å². The first-order valence-electron chi connectivity index (χ1n) is 8.50. The largest absolute Gasteiger partial charge is 0.493 e. The Morgan fingerprint density at radius 2 is 2.31 bits per heavy atom. The number of rotatable bonds is 6. The van der Waals surface area contributed by atoms with Crippen molar-refractivity contribution >= 4 is 38.3 Å². The zero-order chi connectivity index (χ0) is 20.7. The van der Waals surface area contributed by atoms with Crippen LogP contribution in [0.5, 0.6) is 5.75 Å². The zero-order valence-electron chi connectivity index (χ0n) is 15.6. The van der Waals surface area contributed by atoms with Crippen molar-refractivity contribution in [2.24, 2.45) is 12.8 Å². The minimum atomic E-state index is -0.785. The molecule has 4 aromatic rings. The first-order chi connectivity index (χ1) is 13.9. The number of hydrogen-bond donors (Lipinski definition) is 3. The molecule has 0 saturated carbocycles. The van der Waals surface area contributed by atoms with Crippen LogP contribution in [0.2, 0.25) is 0 Å². The molecule has 0 bridgehead atoms. The molecule has 4 rings (SSSR count). The molecule has 0 unspecified atom stereocenters. The van der Waals surface area contributed by atoms with Gasteiger partial charge >= 0.3 is 0 Å². The van der Waals surface area contributed by atoms with Gasteiger partial charge in [0.1, 0.15) is 16.2 Å². The van der Waals surface area contributed by atoms with Crippen LogP contribution in [0.25, 0.3) is 21.3 Å². The van der Waals surface area contributed by atoms with Crippen LogP contribution in [0.15, 0.2) is 29.2 Å². The second kappa shape index (κ2) is 7.13. The van der Waals surface area contributed by atoms with Crippen molar-refractivity contribution in [3.05, 3.63) is 45.5 Å². The predicted octanol–water partition coefficient (Wildman–Crippen LogP) is 1.46. The summed E-state index contributed by atoms with van der Waals surface area (Å²) in [6, 6.07) is 0. The van der Waals surface area contributed by atoms with Crippen molar-refractivity contribution in [1.29, 1.82) is 5.41 Å². The molecule has 0 radical (unpaired) electrons. The molecule has 0 aromatic carbocycles. The summed E-state index contributed by atoms with van der Waals surface area (Å²) >= 11 is 1.30. The summed E-state index contributed by atoms with van der Waals surface area (Å²) in [5, 5.41) is 20.0. The van der Waals surface area contributed by atoms with Crippen LogP contribution in [0.3, 0.4) is 0 Å². The first kappa shape index (κ1) is 18.8. The molecule has 0 atom stereocenters. The summed E-state index contributed by atoms with van der Waals surface area (Å²) in [6.45, 7) is 0.154. The Hall–Kier alpha value is -3.54. The molecule has 0 aliphatic heterocycles. The van der Waals surface area contributed by atoms with E-state index in [1.54, 1.807) is 24.0 Å². The molecule has 0 fully saturated rings. The molecule has 10 nitrogen and oxygen atoms in total. The average Bonchev–Trinajstić information content (AvgIpc) is 3.39. The van der Waals surface area contributed by atoms with Crippen LogP contribution in [0.4, 0.5) is 4.39 Å². The number of ether oxygens (including phenoxy) is 1. The minimum Gasteiger partial charge on any atom is -0.493 e. The quantitative estimate of drug-likeness (QED) is 0.406. The number of nitrogens with zero attached hydrogens (tertiary/aromatic N) is 5. The second-order valence-corrected chi connectivity index (χ2v) is 7.34. The van der Waals surface area contributed by atoms with Crippen molar-refractivity contribution in [2.45, 2.75) is 13.0 Å². The summed E-state index contributed by atoms with van der Waals surface area (Å²) in [6.07, 6.45) is 3.98. The summed E-state index contributed by atoms with van der Waals surface area (Å²) in [5.41, 5.74) is 6.19. The molecule has 0 amide bonds. The molecule has 12 heteroatoms. The zero-order valence-corrected chi connectivity index (χ0v) is 16.4. The van der Waals surface area contributed by atoms with E-state index in [0.717, 1.165) is 10.9 Å². The lowest BCUT2D eigenvalue weighted by Gasteiger charge is -2.05. The Bertz CT molecular complexity index is 1330. The van der Waals surface area contributed by atoms with Crippen molar-refractivity contribution in [3.8, 4) is 5.75 Å². The highest BCUT2D eigenvalue weighted by Crippen LogP contribution is 2.31. The molecule has 0 spiro atoms. The summed E-state index contributed by atoms with van der Waals surface area (Å²) in [4.78, 5) is 17.5. The van der Waals surface area contributed by atoms with E-state index in [4.69, 9.17) is 15.9 Å². The molecular weight excluding hydrogens is 399 g/mol. The van der Waals surface area contributed by atoms with Crippen LogP contribution in [-0.2, 0) is 20.0 Å². The van der Waals surface area contributed by atoms with Gasteiger partial charge < -0.3 is 20.4 Å². The minimum absolute atomic E-state index is 0.0177. The number of fused-ring (bicyclic) bond motifs is 3. The van der Waals surface area contributed by atoms with Gasteiger partial charge in [-0.2, -0.15) is 10.2 Å². The highest BCUT2D eigenvalue weighted by Gasteiger charge is 2.20. The van der Waals surface area contributed by atoms with E-state index >= 15 is 0 Å². The van der Waals surface area contributed by atoms with Gasteiger partial charge in [0, 0.05) is 25.1 Å². The van der Waals surface area contributed by atoms with E-state index in [-0.39, 0.29) is 24.2 Å². The Morgan fingerprint density at radius 1 is 1.52 bits per heavy atom. The Morgan fingerprint density at radius 3 is 3.03 bits per heavy atom. The molecule has 0 aliphatic carbocycles. The van der Waals surface area contributed by atoms with Gasteiger partial charge in [-0.1, -0.05) is 0 Å². The number of aromatic nitrogens is 6. The van der Waals surface area contributed by atoms with Crippen LogP contribution in [0, 0.1) is 5.41 Å². The molecule has 0 aliphatic rings. The van der Waals surface area contributed by atoms with E-state index in [0.29, 0.717) is 33.0 Å². The molecule has 29 heavy (non-hydrogen) atoms. The van der Waals surface area contributed by atoms with E-state index in [2.05, 4.69) is 20.3 Å². The van der Waals surface area contributed by atoms with Crippen molar-refractivity contribution in [3.63, 3.8) is 0 Å². The van der Waals surface area contributed by atoms with Crippen molar-refractivity contribution in [2.75, 3.05) is 7.11 Å². The fourth-order valence-electron chi connectivity index (χ4n) is 3.10. The summed E-state index contributed by atoms with van der Waals surface area (Å²) in [5.74, 6) is -0.244. The number of methoxy groups -OCH3 is 1. The molecular formula is C17H17FN8O2S. The van der Waals surface area contributed by atoms with E-state index in [1.807, 2.05) is 0 Å². The lowest BCUT2D eigenvalue weighted by atomic mass is 10.2.